The number of nitrogens with one attached hydrogen (secondary N) is 3. The van der Waals surface area contributed by atoms with Gasteiger partial charge in [0.15, 0.2) is 5.96 Å². The molecule has 2 atom stereocenters. The second kappa shape index (κ2) is 11.7. The molecule has 1 saturated carbocycles. The lowest BCUT2D eigenvalue weighted by Gasteiger charge is -2.17. The summed E-state index contributed by atoms with van der Waals surface area (Å²) >= 11 is 1.94. The minimum Gasteiger partial charge on any atom is -0.357 e. The van der Waals surface area contributed by atoms with Crippen LogP contribution in [0.15, 0.2) is 4.99 Å². The highest BCUT2D eigenvalue weighted by molar-refractivity contribution is 14.0. The number of nitrogens with zero attached hydrogens (tertiary/aromatic N) is 1. The first kappa shape index (κ1) is 22.3. The van der Waals surface area contributed by atoms with Crippen molar-refractivity contribution < 1.29 is 8.42 Å². The Morgan fingerprint density at radius 1 is 1.36 bits per heavy atom. The molecule has 0 aromatic heterocycles. The van der Waals surface area contributed by atoms with Crippen LogP contribution in [-0.4, -0.2) is 57.8 Å². The van der Waals surface area contributed by atoms with Gasteiger partial charge < -0.3 is 10.6 Å². The molecule has 2 unspecified atom stereocenters. The van der Waals surface area contributed by atoms with Crippen molar-refractivity contribution in [1.82, 2.24) is 15.4 Å². The normalized spacial score (nSPS) is 22.2. The summed E-state index contributed by atoms with van der Waals surface area (Å²) in [5.41, 5.74) is 0. The maximum absolute atomic E-state index is 10.9. The number of rotatable bonds is 8. The Kier molecular flexibility index (Phi) is 11.9. The molecular formula is C13H29IN4O2S2. The number of hydrogen-bond donors (Lipinski definition) is 3. The Bertz CT molecular complexity index is 432. The zero-order chi connectivity index (χ0) is 15.7. The van der Waals surface area contributed by atoms with Gasteiger partial charge in [-0.25, -0.2) is 13.1 Å². The van der Waals surface area contributed by atoms with E-state index in [4.69, 9.17) is 0 Å². The molecule has 0 aromatic rings. The molecule has 9 heteroatoms. The Morgan fingerprint density at radius 2 is 2.09 bits per heavy atom. The molecule has 1 aliphatic rings. The molecule has 0 saturated heterocycles. The molecule has 132 valence electrons. The van der Waals surface area contributed by atoms with Crippen molar-refractivity contribution in [3.8, 4) is 0 Å². The number of hydrogen-bond acceptors (Lipinski definition) is 4. The Hall–Kier alpha value is 0.260. The molecular weight excluding hydrogens is 435 g/mol. The highest BCUT2D eigenvalue weighted by atomic mass is 127. The predicted molar refractivity (Wildman–Crippen MR) is 107 cm³/mol. The van der Waals surface area contributed by atoms with Crippen LogP contribution in [0.4, 0.5) is 0 Å². The van der Waals surface area contributed by atoms with E-state index in [1.54, 1.807) is 0 Å². The van der Waals surface area contributed by atoms with E-state index in [1.807, 2.05) is 18.7 Å². The van der Waals surface area contributed by atoms with Crippen molar-refractivity contribution in [1.29, 1.82) is 0 Å². The van der Waals surface area contributed by atoms with Crippen LogP contribution < -0.4 is 15.4 Å². The summed E-state index contributed by atoms with van der Waals surface area (Å²) in [6, 6.07) is 0.495. The lowest BCUT2D eigenvalue weighted by molar-refractivity contribution is 0.585. The zero-order valence-corrected chi connectivity index (χ0v) is 17.6. The second-order valence-corrected chi connectivity index (χ2v) is 8.26. The maximum atomic E-state index is 10.9. The smallest absolute Gasteiger partial charge is 0.208 e. The topological polar surface area (TPSA) is 82.6 Å². The van der Waals surface area contributed by atoms with E-state index >= 15 is 0 Å². The molecule has 0 heterocycles. The van der Waals surface area contributed by atoms with Crippen LogP contribution >= 0.6 is 35.7 Å². The SMILES string of the molecule is CCNC(=NCCCNS(C)(=O)=O)NC1CCC(SC)C1.I. The van der Waals surface area contributed by atoms with E-state index < -0.39 is 10.0 Å². The van der Waals surface area contributed by atoms with Crippen LogP contribution in [0.2, 0.25) is 0 Å². The van der Waals surface area contributed by atoms with Crippen molar-refractivity contribution in [3.05, 3.63) is 0 Å². The molecule has 1 fully saturated rings. The fourth-order valence-corrected chi connectivity index (χ4v) is 3.64. The standard InChI is InChI=1S/C13H28N4O2S2.HI/c1-4-14-13(15-8-5-9-16-21(3,18)19)17-11-6-7-12(10-11)20-2;/h11-12,16H,4-10H2,1-3H3,(H2,14,15,17);1H. The van der Waals surface area contributed by atoms with E-state index in [9.17, 15) is 8.42 Å². The van der Waals surface area contributed by atoms with Gasteiger partial charge in [0.1, 0.15) is 0 Å². The molecule has 6 nitrogen and oxygen atoms in total. The van der Waals surface area contributed by atoms with Gasteiger partial charge >= 0.3 is 0 Å². The van der Waals surface area contributed by atoms with Gasteiger partial charge in [-0.05, 0) is 38.9 Å². The Balaban J connectivity index is 0.00000441. The molecule has 0 radical (unpaired) electrons. The monoisotopic (exact) mass is 464 g/mol. The van der Waals surface area contributed by atoms with E-state index in [0.29, 0.717) is 25.6 Å². The molecule has 1 aliphatic carbocycles. The highest BCUT2D eigenvalue weighted by Gasteiger charge is 2.24. The van der Waals surface area contributed by atoms with Crippen LogP contribution in [0, 0.1) is 0 Å². The minimum atomic E-state index is -3.09. The van der Waals surface area contributed by atoms with Crippen LogP contribution in [0.5, 0.6) is 0 Å². The summed E-state index contributed by atoms with van der Waals surface area (Å²) in [7, 11) is -3.09. The number of aliphatic imine (C=N–C) groups is 1. The average molecular weight is 464 g/mol. The van der Waals surface area contributed by atoms with Gasteiger partial charge in [0.25, 0.3) is 0 Å². The van der Waals surface area contributed by atoms with E-state index in [1.165, 1.54) is 25.5 Å². The lowest BCUT2D eigenvalue weighted by Crippen LogP contribution is -2.42. The van der Waals surface area contributed by atoms with E-state index in [2.05, 4.69) is 26.6 Å². The number of thioether (sulfide) groups is 1. The van der Waals surface area contributed by atoms with Crippen LogP contribution in [0.25, 0.3) is 0 Å². The fraction of sp³-hybridized carbons (Fsp3) is 0.923. The summed E-state index contributed by atoms with van der Waals surface area (Å²) in [5.74, 6) is 0.837. The maximum Gasteiger partial charge on any atom is 0.208 e. The van der Waals surface area contributed by atoms with E-state index in [0.717, 1.165) is 17.8 Å². The molecule has 0 aromatic carbocycles. The van der Waals surface area contributed by atoms with E-state index in [-0.39, 0.29) is 24.0 Å². The van der Waals surface area contributed by atoms with Crippen molar-refractivity contribution in [2.45, 2.75) is 43.9 Å². The minimum absolute atomic E-state index is 0. The second-order valence-electron chi connectivity index (χ2n) is 5.29. The van der Waals surface area contributed by atoms with Gasteiger partial charge in [0, 0.05) is 30.9 Å². The van der Waals surface area contributed by atoms with Crippen LogP contribution in [-0.2, 0) is 10.0 Å². The molecule has 0 amide bonds. The molecule has 0 spiro atoms. The molecule has 22 heavy (non-hydrogen) atoms. The molecule has 1 rings (SSSR count). The third kappa shape index (κ3) is 10.1. The molecule has 0 bridgehead atoms. The average Bonchev–Trinajstić information content (AvgIpc) is 2.85. The first-order chi connectivity index (χ1) is 9.94. The summed E-state index contributed by atoms with van der Waals surface area (Å²) < 4.78 is 24.4. The Morgan fingerprint density at radius 3 is 2.64 bits per heavy atom. The van der Waals surface area contributed by atoms with Crippen molar-refractivity contribution in [3.63, 3.8) is 0 Å². The number of guanidine groups is 1. The van der Waals surface area contributed by atoms with Gasteiger partial charge in [-0.2, -0.15) is 11.8 Å². The Labute approximate surface area is 156 Å². The van der Waals surface area contributed by atoms with Gasteiger partial charge in [0.05, 0.1) is 6.26 Å². The van der Waals surface area contributed by atoms with Crippen LogP contribution in [0.3, 0.4) is 0 Å². The van der Waals surface area contributed by atoms with Crippen molar-refractivity contribution in [2.75, 3.05) is 32.1 Å². The van der Waals surface area contributed by atoms with Gasteiger partial charge in [-0.15, -0.1) is 24.0 Å². The quantitative estimate of drug-likeness (QED) is 0.219. The summed E-state index contributed by atoms with van der Waals surface area (Å²) in [4.78, 5) is 4.50. The van der Waals surface area contributed by atoms with Gasteiger partial charge in [0.2, 0.25) is 10.0 Å². The van der Waals surface area contributed by atoms with Gasteiger partial charge in [-0.1, -0.05) is 0 Å². The summed E-state index contributed by atoms with van der Waals surface area (Å²) in [6.45, 7) is 3.91. The zero-order valence-electron chi connectivity index (χ0n) is 13.6. The third-order valence-corrected chi connectivity index (χ3v) is 5.20. The van der Waals surface area contributed by atoms with Crippen molar-refractivity contribution >= 4 is 51.7 Å². The number of sulfonamides is 1. The predicted octanol–water partition coefficient (Wildman–Crippen LogP) is 1.38. The lowest BCUT2D eigenvalue weighted by atomic mass is 10.2. The first-order valence-electron chi connectivity index (χ1n) is 7.47. The van der Waals surface area contributed by atoms with Crippen LogP contribution in [0.1, 0.15) is 32.6 Å². The summed E-state index contributed by atoms with van der Waals surface area (Å²) in [5, 5.41) is 7.47. The van der Waals surface area contributed by atoms with Crippen molar-refractivity contribution in [2.24, 2.45) is 4.99 Å². The first-order valence-corrected chi connectivity index (χ1v) is 10.6. The fourth-order valence-electron chi connectivity index (χ4n) is 2.33. The number of halogens is 1. The van der Waals surface area contributed by atoms with Gasteiger partial charge in [-0.3, -0.25) is 4.99 Å². The molecule has 0 aliphatic heterocycles. The third-order valence-electron chi connectivity index (χ3n) is 3.37. The largest absolute Gasteiger partial charge is 0.357 e. The summed E-state index contributed by atoms with van der Waals surface area (Å²) in [6.07, 6.45) is 7.66. The highest BCUT2D eigenvalue weighted by Crippen LogP contribution is 2.27. The molecule has 3 N–H and O–H groups in total.